The van der Waals surface area contributed by atoms with Crippen LogP contribution in [-0.4, -0.2) is 0 Å². The second-order valence-corrected chi connectivity index (χ2v) is 7.94. The molecule has 0 radical (unpaired) electrons. The molecule has 0 N–H and O–H groups in total. The maximum absolute atomic E-state index is 12.4. The van der Waals surface area contributed by atoms with Crippen molar-refractivity contribution < 1.29 is 43.4 Å². The van der Waals surface area contributed by atoms with Gasteiger partial charge in [-0.25, -0.2) is 25.3 Å². The second kappa shape index (κ2) is 23.3. The molecule has 1 unspecified atom stereocenters. The van der Waals surface area contributed by atoms with E-state index in [1.807, 2.05) is 12.2 Å². The average molecular weight is 619 g/mol. The van der Waals surface area contributed by atoms with Gasteiger partial charge >= 0.3 is 25.8 Å². The summed E-state index contributed by atoms with van der Waals surface area (Å²) in [5, 5.41) is 0. The van der Waals surface area contributed by atoms with Gasteiger partial charge in [-0.2, -0.15) is 0 Å². The van der Waals surface area contributed by atoms with Crippen LogP contribution in [0.5, 0.6) is 0 Å². The molecular formula is C27H40F4Hf+2. The van der Waals surface area contributed by atoms with Crippen LogP contribution in [0, 0.1) is 18.7 Å². The van der Waals surface area contributed by atoms with Crippen molar-refractivity contribution in [1.29, 1.82) is 0 Å². The van der Waals surface area contributed by atoms with Crippen molar-refractivity contribution in [3.63, 3.8) is 0 Å². The first kappa shape index (κ1) is 33.3. The van der Waals surface area contributed by atoms with E-state index in [2.05, 4.69) is 19.1 Å². The minimum absolute atomic E-state index is 0. The summed E-state index contributed by atoms with van der Waals surface area (Å²) < 4.78 is 49.4. The fourth-order valence-corrected chi connectivity index (χ4v) is 3.18. The van der Waals surface area contributed by atoms with Crippen molar-refractivity contribution in [3.05, 3.63) is 66.7 Å². The van der Waals surface area contributed by atoms with E-state index in [-0.39, 0.29) is 31.9 Å². The summed E-state index contributed by atoms with van der Waals surface area (Å²) in [6.45, 7) is 8.58. The average Bonchev–Trinajstić information content (AvgIpc) is 2.76. The smallest absolute Gasteiger partial charge is 0.321 e. The molecule has 0 fully saturated rings. The van der Waals surface area contributed by atoms with Gasteiger partial charge in [0.15, 0.2) is 0 Å². The number of hydrogen-bond donors (Lipinski definition) is 0. The Morgan fingerprint density at radius 1 is 0.844 bits per heavy atom. The number of halogens is 4. The summed E-state index contributed by atoms with van der Waals surface area (Å²) in [5.41, 5.74) is 0. The molecule has 0 bridgehead atoms. The van der Waals surface area contributed by atoms with Gasteiger partial charge in [0.25, 0.3) is 0 Å². The summed E-state index contributed by atoms with van der Waals surface area (Å²) in [4.78, 5) is 0. The summed E-state index contributed by atoms with van der Waals surface area (Å²) in [6, 6.07) is 0. The predicted octanol–water partition coefficient (Wildman–Crippen LogP) is 10.3. The minimum atomic E-state index is -1.43. The number of unbranched alkanes of at least 4 members (excludes halogenated alkanes) is 12. The summed E-state index contributed by atoms with van der Waals surface area (Å²) >= 11 is 0. The van der Waals surface area contributed by atoms with Crippen LogP contribution in [0.4, 0.5) is 17.6 Å². The topological polar surface area (TPSA) is 0 Å². The Morgan fingerprint density at radius 3 is 1.84 bits per heavy atom. The van der Waals surface area contributed by atoms with Crippen molar-refractivity contribution >= 4 is 0 Å². The molecular weight excluding hydrogens is 579 g/mol. The van der Waals surface area contributed by atoms with E-state index in [1.54, 1.807) is 6.08 Å². The first-order valence-corrected chi connectivity index (χ1v) is 11.8. The maximum atomic E-state index is 12.4. The van der Waals surface area contributed by atoms with E-state index < -0.39 is 29.6 Å². The van der Waals surface area contributed by atoms with Crippen LogP contribution >= 0.6 is 0 Å². The zero-order valence-corrected chi connectivity index (χ0v) is 23.4. The van der Waals surface area contributed by atoms with Gasteiger partial charge in [-0.05, 0) is 30.8 Å². The summed E-state index contributed by atoms with van der Waals surface area (Å²) in [6.07, 6.45) is 26.9. The van der Waals surface area contributed by atoms with Crippen LogP contribution in [0.25, 0.3) is 0 Å². The number of hydrogen-bond acceptors (Lipinski definition) is 0. The molecule has 0 aliphatic heterocycles. The van der Waals surface area contributed by atoms with E-state index in [0.717, 1.165) is 6.92 Å². The Balaban J connectivity index is 0. The van der Waals surface area contributed by atoms with E-state index >= 15 is 0 Å². The predicted molar refractivity (Wildman–Crippen MR) is 125 cm³/mol. The van der Waals surface area contributed by atoms with E-state index in [4.69, 9.17) is 6.58 Å². The van der Waals surface area contributed by atoms with E-state index in [9.17, 15) is 17.6 Å². The molecule has 0 aromatic carbocycles. The van der Waals surface area contributed by atoms with Gasteiger partial charge in [0, 0.05) is 0 Å². The van der Waals surface area contributed by atoms with Crippen molar-refractivity contribution in [2.75, 3.05) is 0 Å². The normalized spacial score (nSPS) is 16.1. The monoisotopic (exact) mass is 620 g/mol. The molecule has 1 atom stereocenters. The number of allylic oxidation sites excluding steroid dienone is 9. The molecule has 0 nitrogen and oxygen atoms in total. The Bertz CT molecular complexity index is 578. The summed E-state index contributed by atoms with van der Waals surface area (Å²) in [5.74, 6) is -5.36. The Labute approximate surface area is 212 Å². The van der Waals surface area contributed by atoms with E-state index in [1.165, 1.54) is 83.5 Å². The van der Waals surface area contributed by atoms with Crippen LogP contribution in [-0.2, 0) is 25.8 Å². The second-order valence-electron chi connectivity index (χ2n) is 7.94. The van der Waals surface area contributed by atoms with Gasteiger partial charge in [-0.1, -0.05) is 96.6 Å². The van der Waals surface area contributed by atoms with E-state index in [0.29, 0.717) is 0 Å². The SMILES string of the molecule is CC1C(F)=C(F)C=C(F)[C-]1F.[CH-]=C/C=C/C=C/CCCCCCCCCCCCCC.[Hf+4]. The molecule has 0 spiro atoms. The molecule has 5 heteroatoms. The molecule has 32 heavy (non-hydrogen) atoms. The molecule has 0 amide bonds. The Hall–Kier alpha value is -0.840. The van der Waals surface area contributed by atoms with Crippen molar-refractivity contribution in [2.24, 2.45) is 5.92 Å². The minimum Gasteiger partial charge on any atom is -0.321 e. The fourth-order valence-electron chi connectivity index (χ4n) is 3.18. The van der Waals surface area contributed by atoms with Crippen molar-refractivity contribution in [2.45, 2.75) is 97.3 Å². The molecule has 0 heterocycles. The maximum Gasteiger partial charge on any atom is 4.00 e. The van der Waals surface area contributed by atoms with Gasteiger partial charge in [0.05, 0.1) is 5.83 Å². The van der Waals surface area contributed by atoms with Gasteiger partial charge < -0.3 is 4.39 Å². The van der Waals surface area contributed by atoms with Gasteiger partial charge in [-0.15, -0.1) is 12.2 Å². The first-order valence-electron chi connectivity index (χ1n) is 11.8. The third kappa shape index (κ3) is 17.7. The Morgan fingerprint density at radius 2 is 1.34 bits per heavy atom. The first-order chi connectivity index (χ1) is 15.0. The van der Waals surface area contributed by atoms with Crippen molar-refractivity contribution in [3.8, 4) is 0 Å². The largest absolute Gasteiger partial charge is 4.00 e. The van der Waals surface area contributed by atoms with Crippen LogP contribution in [0.15, 0.2) is 53.9 Å². The van der Waals surface area contributed by atoms with Crippen LogP contribution in [0.3, 0.4) is 0 Å². The standard InChI is InChI=1S/C20H35.C7H5F4.Hf/c1-3-5-7-9-11-13-15-17-19-20-18-16-14-12-10-8-6-4-2;1-3-6(10)4(8)2-5(9)7(3)11;/h1,3,5,7,9,11H,4,6,8,10,12-20H2,2H3;2-3H,1H3;/q2*-1;+4/b7-5+,11-9+;;. The Kier molecular flexibility index (Phi) is 24.3. The third-order valence-corrected chi connectivity index (χ3v) is 5.16. The van der Waals surface area contributed by atoms with Gasteiger partial charge in [0.2, 0.25) is 0 Å². The van der Waals surface area contributed by atoms with Crippen LogP contribution < -0.4 is 0 Å². The molecule has 1 aliphatic carbocycles. The molecule has 1 aliphatic rings. The van der Waals surface area contributed by atoms with Gasteiger partial charge in [0.1, 0.15) is 5.83 Å². The molecule has 178 valence electrons. The molecule has 0 aromatic heterocycles. The zero-order valence-electron chi connectivity index (χ0n) is 19.8. The summed E-state index contributed by atoms with van der Waals surface area (Å²) in [7, 11) is 0. The van der Waals surface area contributed by atoms with Gasteiger partial charge in [-0.3, -0.25) is 6.58 Å². The molecule has 0 aromatic rings. The number of rotatable bonds is 15. The molecule has 0 saturated carbocycles. The third-order valence-electron chi connectivity index (χ3n) is 5.16. The van der Waals surface area contributed by atoms with Crippen LogP contribution in [0.1, 0.15) is 97.3 Å². The molecule has 0 saturated heterocycles. The van der Waals surface area contributed by atoms with Crippen molar-refractivity contribution in [1.82, 2.24) is 0 Å². The quantitative estimate of drug-likeness (QED) is 0.0563. The zero-order chi connectivity index (χ0) is 23.3. The molecule has 1 rings (SSSR count). The van der Waals surface area contributed by atoms with Crippen LogP contribution in [0.2, 0.25) is 0 Å². The fraction of sp³-hybridized carbons (Fsp3) is 0.593.